The lowest BCUT2D eigenvalue weighted by Crippen LogP contribution is -2.33. The van der Waals surface area contributed by atoms with E-state index in [0.29, 0.717) is 28.7 Å². The molecule has 3 rings (SSSR count). The van der Waals surface area contributed by atoms with Gasteiger partial charge < -0.3 is 9.84 Å². The van der Waals surface area contributed by atoms with Gasteiger partial charge in [0.1, 0.15) is 24.0 Å². The molecule has 1 aromatic carbocycles. The summed E-state index contributed by atoms with van der Waals surface area (Å²) in [5.74, 6) is 0.258. The Morgan fingerprint density at radius 1 is 1.31 bits per heavy atom. The SMILES string of the molecule is CC(C)CCNC(=O)Cn1cnc2onc(-c3ccc(Cl)cc3)c2c1=O. The molecule has 0 atom stereocenters. The molecule has 8 heteroatoms. The minimum Gasteiger partial charge on any atom is -0.355 e. The number of carbonyl (C=O) groups excluding carboxylic acids is 1. The lowest BCUT2D eigenvalue weighted by Gasteiger charge is -2.08. The number of benzene rings is 1. The number of nitrogens with one attached hydrogen (secondary N) is 1. The zero-order chi connectivity index (χ0) is 18.7. The van der Waals surface area contributed by atoms with Crippen LogP contribution in [0.1, 0.15) is 20.3 Å². The van der Waals surface area contributed by atoms with Gasteiger partial charge in [0.25, 0.3) is 11.3 Å². The molecule has 0 unspecified atom stereocenters. The van der Waals surface area contributed by atoms with Crippen LogP contribution < -0.4 is 10.9 Å². The van der Waals surface area contributed by atoms with E-state index in [4.69, 9.17) is 16.1 Å². The van der Waals surface area contributed by atoms with Crippen molar-refractivity contribution in [3.05, 3.63) is 46.0 Å². The summed E-state index contributed by atoms with van der Waals surface area (Å²) in [5, 5.41) is 7.57. The van der Waals surface area contributed by atoms with Gasteiger partial charge in [-0.3, -0.25) is 14.2 Å². The van der Waals surface area contributed by atoms with Crippen LogP contribution in [0.15, 0.2) is 39.9 Å². The van der Waals surface area contributed by atoms with Crippen LogP contribution in [-0.2, 0) is 11.3 Å². The van der Waals surface area contributed by atoms with Crippen molar-refractivity contribution in [2.75, 3.05) is 6.54 Å². The molecular formula is C18H19ClN4O3. The van der Waals surface area contributed by atoms with E-state index < -0.39 is 0 Å². The van der Waals surface area contributed by atoms with Crippen LogP contribution in [0, 0.1) is 5.92 Å². The molecule has 1 amide bonds. The molecule has 0 saturated carbocycles. The minimum absolute atomic E-state index is 0.106. The number of fused-ring (bicyclic) bond motifs is 1. The van der Waals surface area contributed by atoms with E-state index in [9.17, 15) is 9.59 Å². The Balaban J connectivity index is 1.88. The maximum atomic E-state index is 12.8. The molecule has 26 heavy (non-hydrogen) atoms. The first kappa shape index (κ1) is 18.1. The molecule has 0 aliphatic rings. The zero-order valence-electron chi connectivity index (χ0n) is 14.5. The van der Waals surface area contributed by atoms with Crippen molar-refractivity contribution in [1.29, 1.82) is 0 Å². The number of carbonyl (C=O) groups is 1. The van der Waals surface area contributed by atoms with Crippen molar-refractivity contribution in [2.45, 2.75) is 26.8 Å². The number of hydrogen-bond donors (Lipinski definition) is 1. The molecule has 2 aromatic heterocycles. The van der Waals surface area contributed by atoms with Crippen molar-refractivity contribution >= 4 is 28.6 Å². The smallest absolute Gasteiger partial charge is 0.267 e. The third-order valence-electron chi connectivity index (χ3n) is 3.94. The van der Waals surface area contributed by atoms with Gasteiger partial charge in [0.2, 0.25) is 5.91 Å². The van der Waals surface area contributed by atoms with Gasteiger partial charge in [-0.15, -0.1) is 0 Å². The van der Waals surface area contributed by atoms with Crippen molar-refractivity contribution in [1.82, 2.24) is 20.0 Å². The summed E-state index contributed by atoms with van der Waals surface area (Å²) >= 11 is 5.90. The summed E-state index contributed by atoms with van der Waals surface area (Å²) < 4.78 is 6.41. The summed E-state index contributed by atoms with van der Waals surface area (Å²) in [4.78, 5) is 28.9. The lowest BCUT2D eigenvalue weighted by atomic mass is 10.1. The van der Waals surface area contributed by atoms with Gasteiger partial charge in [-0.25, -0.2) is 4.98 Å². The number of rotatable bonds is 6. The fraction of sp³-hybridized carbons (Fsp3) is 0.333. The molecule has 0 radical (unpaired) electrons. The molecular weight excluding hydrogens is 356 g/mol. The summed E-state index contributed by atoms with van der Waals surface area (Å²) in [6, 6.07) is 6.90. The highest BCUT2D eigenvalue weighted by Crippen LogP contribution is 2.25. The van der Waals surface area contributed by atoms with E-state index in [0.717, 1.165) is 6.42 Å². The molecule has 0 aliphatic carbocycles. The molecule has 2 heterocycles. The third kappa shape index (κ3) is 3.94. The summed E-state index contributed by atoms with van der Waals surface area (Å²) in [5.41, 5.74) is 0.826. The van der Waals surface area contributed by atoms with Crippen molar-refractivity contribution in [2.24, 2.45) is 5.92 Å². The fourth-order valence-electron chi connectivity index (χ4n) is 2.51. The number of nitrogens with zero attached hydrogens (tertiary/aromatic N) is 3. The molecule has 0 fully saturated rings. The molecule has 1 N–H and O–H groups in total. The quantitative estimate of drug-likeness (QED) is 0.716. The van der Waals surface area contributed by atoms with Crippen molar-refractivity contribution < 1.29 is 9.32 Å². The predicted octanol–water partition coefficient (Wildman–Crippen LogP) is 2.87. The van der Waals surface area contributed by atoms with Gasteiger partial charge in [0.05, 0.1) is 0 Å². The second-order valence-corrected chi connectivity index (χ2v) is 6.86. The lowest BCUT2D eigenvalue weighted by molar-refractivity contribution is -0.121. The van der Waals surface area contributed by atoms with Gasteiger partial charge in [0.15, 0.2) is 0 Å². The van der Waals surface area contributed by atoms with Gasteiger partial charge >= 0.3 is 0 Å². The Morgan fingerprint density at radius 3 is 2.73 bits per heavy atom. The van der Waals surface area contributed by atoms with Gasteiger partial charge in [-0.2, -0.15) is 0 Å². The molecule has 0 saturated heterocycles. The van der Waals surface area contributed by atoms with E-state index in [1.165, 1.54) is 10.9 Å². The van der Waals surface area contributed by atoms with Gasteiger partial charge in [0, 0.05) is 17.1 Å². The second kappa shape index (κ2) is 7.70. The number of halogens is 1. The molecule has 0 aliphatic heterocycles. The summed E-state index contributed by atoms with van der Waals surface area (Å²) in [6.07, 6.45) is 2.17. The minimum atomic E-state index is -0.375. The fourth-order valence-corrected chi connectivity index (χ4v) is 2.63. The first-order valence-corrected chi connectivity index (χ1v) is 8.71. The Kier molecular flexibility index (Phi) is 5.37. The predicted molar refractivity (Wildman–Crippen MR) is 99.0 cm³/mol. The van der Waals surface area contributed by atoms with Gasteiger partial charge in [-0.05, 0) is 24.5 Å². The Labute approximate surface area is 155 Å². The Hall–Kier alpha value is -2.67. The van der Waals surface area contributed by atoms with Crippen molar-refractivity contribution in [3.8, 4) is 11.3 Å². The Morgan fingerprint density at radius 2 is 2.04 bits per heavy atom. The van der Waals surface area contributed by atoms with Crippen LogP contribution in [0.2, 0.25) is 5.02 Å². The van der Waals surface area contributed by atoms with E-state index >= 15 is 0 Å². The average molecular weight is 375 g/mol. The van der Waals surface area contributed by atoms with Crippen molar-refractivity contribution in [3.63, 3.8) is 0 Å². The summed E-state index contributed by atoms with van der Waals surface area (Å²) in [7, 11) is 0. The monoisotopic (exact) mass is 374 g/mol. The van der Waals surface area contributed by atoms with Crippen LogP contribution in [0.5, 0.6) is 0 Å². The maximum absolute atomic E-state index is 12.8. The summed E-state index contributed by atoms with van der Waals surface area (Å²) in [6.45, 7) is 4.63. The molecule has 136 valence electrons. The van der Waals surface area contributed by atoms with E-state index in [2.05, 4.69) is 29.3 Å². The van der Waals surface area contributed by atoms with Crippen LogP contribution in [0.4, 0.5) is 0 Å². The second-order valence-electron chi connectivity index (χ2n) is 6.43. The number of hydrogen-bond acceptors (Lipinski definition) is 5. The Bertz CT molecular complexity index is 976. The highest BCUT2D eigenvalue weighted by Gasteiger charge is 2.17. The normalized spacial score (nSPS) is 11.2. The highest BCUT2D eigenvalue weighted by atomic mass is 35.5. The standard InChI is InChI=1S/C18H19ClN4O3/c1-11(2)7-8-20-14(24)9-23-10-21-17-15(18(23)25)16(22-26-17)12-3-5-13(19)6-4-12/h3-6,10-11H,7-9H2,1-2H3,(H,20,24). The zero-order valence-corrected chi connectivity index (χ0v) is 15.3. The molecule has 0 spiro atoms. The van der Waals surface area contributed by atoms with E-state index in [-0.39, 0.29) is 29.1 Å². The number of aromatic nitrogens is 3. The third-order valence-corrected chi connectivity index (χ3v) is 4.19. The van der Waals surface area contributed by atoms with Crippen LogP contribution in [0.25, 0.3) is 22.4 Å². The first-order chi connectivity index (χ1) is 12.5. The maximum Gasteiger partial charge on any atom is 0.267 e. The molecule has 7 nitrogen and oxygen atoms in total. The topological polar surface area (TPSA) is 90.0 Å². The van der Waals surface area contributed by atoms with Crippen LogP contribution in [-0.4, -0.2) is 27.2 Å². The van der Waals surface area contributed by atoms with E-state index in [1.54, 1.807) is 24.3 Å². The van der Waals surface area contributed by atoms with Gasteiger partial charge in [-0.1, -0.05) is 42.7 Å². The first-order valence-electron chi connectivity index (χ1n) is 8.33. The average Bonchev–Trinajstić information content (AvgIpc) is 3.02. The molecule has 0 bridgehead atoms. The molecule has 3 aromatic rings. The largest absolute Gasteiger partial charge is 0.355 e. The highest BCUT2D eigenvalue weighted by molar-refractivity contribution is 6.30. The van der Waals surface area contributed by atoms with E-state index in [1.807, 2.05) is 0 Å². The van der Waals surface area contributed by atoms with Crippen LogP contribution in [0.3, 0.4) is 0 Å². The van der Waals surface area contributed by atoms with Crippen LogP contribution >= 0.6 is 11.6 Å². The number of amides is 1.